The van der Waals surface area contributed by atoms with E-state index in [2.05, 4.69) is 15.2 Å². The molecule has 14 heavy (non-hydrogen) atoms. The number of anilines is 1. The fourth-order valence-corrected chi connectivity index (χ4v) is 1.21. The van der Waals surface area contributed by atoms with Crippen LogP contribution in [0.2, 0.25) is 0 Å². The number of rotatable bonds is 3. The molecule has 0 radical (unpaired) electrons. The summed E-state index contributed by atoms with van der Waals surface area (Å²) in [6.07, 6.45) is 5.43. The van der Waals surface area contributed by atoms with Gasteiger partial charge < -0.3 is 5.73 Å². The number of aryl methyl sites for hydroxylation is 3. The Kier molecular flexibility index (Phi) is 2.18. The van der Waals surface area contributed by atoms with Gasteiger partial charge in [0.2, 0.25) is 5.95 Å². The van der Waals surface area contributed by atoms with Gasteiger partial charge in [-0.1, -0.05) is 0 Å². The van der Waals surface area contributed by atoms with Gasteiger partial charge in [-0.15, -0.1) is 5.10 Å². The Bertz CT molecular complexity index is 375. The topological polar surface area (TPSA) is 74.5 Å². The Morgan fingerprint density at radius 2 is 2.14 bits per heavy atom. The van der Waals surface area contributed by atoms with E-state index in [0.717, 1.165) is 18.7 Å². The van der Waals surface area contributed by atoms with Crippen molar-refractivity contribution in [3.8, 4) is 0 Å². The lowest BCUT2D eigenvalue weighted by Gasteiger charge is -2.00. The molecule has 0 aliphatic rings. The molecule has 6 heteroatoms. The molecular weight excluding hydrogens is 180 g/mol. The molecule has 0 aliphatic heterocycles. The SMILES string of the molecule is Cc1cnn(CCn2cnc(N)n2)c1. The minimum atomic E-state index is 0.307. The van der Waals surface area contributed by atoms with Crippen molar-refractivity contribution in [2.75, 3.05) is 5.73 Å². The van der Waals surface area contributed by atoms with Crippen LogP contribution in [0.3, 0.4) is 0 Å². The van der Waals surface area contributed by atoms with Crippen molar-refractivity contribution in [3.63, 3.8) is 0 Å². The zero-order valence-electron chi connectivity index (χ0n) is 7.96. The predicted molar refractivity (Wildman–Crippen MR) is 51.4 cm³/mol. The van der Waals surface area contributed by atoms with E-state index in [1.165, 1.54) is 0 Å². The maximum Gasteiger partial charge on any atom is 0.239 e. The van der Waals surface area contributed by atoms with E-state index in [0.29, 0.717) is 5.95 Å². The Balaban J connectivity index is 1.94. The van der Waals surface area contributed by atoms with Crippen LogP contribution >= 0.6 is 0 Å². The molecule has 2 rings (SSSR count). The number of nitrogens with zero attached hydrogens (tertiary/aromatic N) is 5. The van der Waals surface area contributed by atoms with Crippen LogP contribution in [0, 0.1) is 6.92 Å². The second-order valence-electron chi connectivity index (χ2n) is 3.15. The van der Waals surface area contributed by atoms with E-state index in [1.807, 2.05) is 24.0 Å². The third-order valence-corrected chi connectivity index (χ3v) is 1.87. The van der Waals surface area contributed by atoms with Gasteiger partial charge in [-0.25, -0.2) is 9.67 Å². The molecule has 0 saturated heterocycles. The summed E-state index contributed by atoms with van der Waals surface area (Å²) in [7, 11) is 0. The highest BCUT2D eigenvalue weighted by Crippen LogP contribution is 1.96. The first-order chi connectivity index (χ1) is 6.74. The van der Waals surface area contributed by atoms with Crippen LogP contribution in [-0.2, 0) is 13.1 Å². The maximum atomic E-state index is 5.39. The fourth-order valence-electron chi connectivity index (χ4n) is 1.21. The van der Waals surface area contributed by atoms with Gasteiger partial charge in [0, 0.05) is 6.20 Å². The van der Waals surface area contributed by atoms with E-state index in [-0.39, 0.29) is 0 Å². The van der Waals surface area contributed by atoms with E-state index < -0.39 is 0 Å². The van der Waals surface area contributed by atoms with Crippen molar-refractivity contribution in [1.82, 2.24) is 24.5 Å². The number of hydrogen-bond donors (Lipinski definition) is 1. The summed E-state index contributed by atoms with van der Waals surface area (Å²) >= 11 is 0. The summed E-state index contributed by atoms with van der Waals surface area (Å²) < 4.78 is 3.57. The average molecular weight is 192 g/mol. The predicted octanol–water partition coefficient (Wildman–Crippen LogP) is 0.0654. The standard InChI is InChI=1S/C8H12N6/c1-7-4-11-13(5-7)2-3-14-6-10-8(9)12-14/h4-6H,2-3H2,1H3,(H2,9,12). The molecule has 0 saturated carbocycles. The zero-order valence-corrected chi connectivity index (χ0v) is 7.96. The van der Waals surface area contributed by atoms with E-state index in [9.17, 15) is 0 Å². The van der Waals surface area contributed by atoms with Crippen molar-refractivity contribution >= 4 is 5.95 Å². The van der Waals surface area contributed by atoms with Gasteiger partial charge in [0.05, 0.1) is 19.3 Å². The van der Waals surface area contributed by atoms with E-state index in [4.69, 9.17) is 5.73 Å². The molecule has 6 nitrogen and oxygen atoms in total. The lowest BCUT2D eigenvalue weighted by molar-refractivity contribution is 0.500. The number of hydrogen-bond acceptors (Lipinski definition) is 4. The lowest BCUT2D eigenvalue weighted by atomic mass is 10.4. The largest absolute Gasteiger partial charge is 0.367 e. The molecule has 0 aliphatic carbocycles. The van der Waals surface area contributed by atoms with Gasteiger partial charge in [0.25, 0.3) is 0 Å². The molecule has 0 amide bonds. The van der Waals surface area contributed by atoms with Crippen molar-refractivity contribution in [2.45, 2.75) is 20.0 Å². The minimum Gasteiger partial charge on any atom is -0.367 e. The molecule has 0 atom stereocenters. The summed E-state index contributed by atoms with van der Waals surface area (Å²) in [6.45, 7) is 3.51. The first-order valence-corrected chi connectivity index (χ1v) is 4.38. The van der Waals surface area contributed by atoms with Crippen LogP contribution in [0.5, 0.6) is 0 Å². The average Bonchev–Trinajstić information content (AvgIpc) is 2.72. The highest BCUT2D eigenvalue weighted by atomic mass is 15.4. The van der Waals surface area contributed by atoms with Crippen molar-refractivity contribution in [1.29, 1.82) is 0 Å². The van der Waals surface area contributed by atoms with Crippen molar-refractivity contribution in [3.05, 3.63) is 24.3 Å². The monoisotopic (exact) mass is 192 g/mol. The van der Waals surface area contributed by atoms with Crippen LogP contribution in [0.15, 0.2) is 18.7 Å². The molecular formula is C8H12N6. The van der Waals surface area contributed by atoms with Crippen LogP contribution in [0.1, 0.15) is 5.56 Å². The molecule has 0 aromatic carbocycles. The van der Waals surface area contributed by atoms with Crippen LogP contribution in [-0.4, -0.2) is 24.5 Å². The van der Waals surface area contributed by atoms with Gasteiger partial charge in [-0.05, 0) is 12.5 Å². The first kappa shape index (κ1) is 8.74. The molecule has 0 unspecified atom stereocenters. The Labute approximate surface area is 81.4 Å². The number of nitrogens with two attached hydrogens (primary N) is 1. The molecule has 0 bridgehead atoms. The second kappa shape index (κ2) is 3.49. The van der Waals surface area contributed by atoms with E-state index >= 15 is 0 Å². The normalized spacial score (nSPS) is 10.6. The molecule has 2 aromatic heterocycles. The highest BCUT2D eigenvalue weighted by molar-refractivity contribution is 5.09. The number of nitrogen functional groups attached to an aromatic ring is 1. The quantitative estimate of drug-likeness (QED) is 0.746. The van der Waals surface area contributed by atoms with Gasteiger partial charge in [0.1, 0.15) is 6.33 Å². The Morgan fingerprint density at radius 1 is 1.36 bits per heavy atom. The number of aromatic nitrogens is 5. The minimum absolute atomic E-state index is 0.307. The molecule has 2 N–H and O–H groups in total. The Hall–Kier alpha value is -1.85. The zero-order chi connectivity index (χ0) is 9.97. The van der Waals surface area contributed by atoms with Crippen molar-refractivity contribution in [2.24, 2.45) is 0 Å². The summed E-state index contributed by atoms with van der Waals surface area (Å²) in [6, 6.07) is 0. The third-order valence-electron chi connectivity index (χ3n) is 1.87. The lowest BCUT2D eigenvalue weighted by Crippen LogP contribution is -2.08. The first-order valence-electron chi connectivity index (χ1n) is 4.38. The summed E-state index contributed by atoms with van der Waals surface area (Å²) in [5, 5.41) is 8.14. The Morgan fingerprint density at radius 3 is 2.71 bits per heavy atom. The molecule has 0 fully saturated rings. The third kappa shape index (κ3) is 1.90. The summed E-state index contributed by atoms with van der Waals surface area (Å²) in [5.74, 6) is 0.307. The van der Waals surface area contributed by atoms with Crippen LogP contribution in [0.25, 0.3) is 0 Å². The van der Waals surface area contributed by atoms with Gasteiger partial charge in [-0.2, -0.15) is 5.10 Å². The maximum absolute atomic E-state index is 5.39. The van der Waals surface area contributed by atoms with Gasteiger partial charge >= 0.3 is 0 Å². The van der Waals surface area contributed by atoms with E-state index in [1.54, 1.807) is 11.0 Å². The summed E-state index contributed by atoms with van der Waals surface area (Å²) in [4.78, 5) is 3.83. The van der Waals surface area contributed by atoms with Gasteiger partial charge in [-0.3, -0.25) is 4.68 Å². The molecule has 0 spiro atoms. The molecule has 74 valence electrons. The van der Waals surface area contributed by atoms with Crippen molar-refractivity contribution < 1.29 is 0 Å². The molecule has 2 heterocycles. The smallest absolute Gasteiger partial charge is 0.239 e. The van der Waals surface area contributed by atoms with Crippen LogP contribution in [0.4, 0.5) is 5.95 Å². The van der Waals surface area contributed by atoms with Gasteiger partial charge in [0.15, 0.2) is 0 Å². The second-order valence-corrected chi connectivity index (χ2v) is 3.15. The highest BCUT2D eigenvalue weighted by Gasteiger charge is 1.97. The summed E-state index contributed by atoms with van der Waals surface area (Å²) in [5.41, 5.74) is 6.54. The van der Waals surface area contributed by atoms with Crippen LogP contribution < -0.4 is 5.73 Å². The molecule has 2 aromatic rings. The fraction of sp³-hybridized carbons (Fsp3) is 0.375.